The van der Waals surface area contributed by atoms with Gasteiger partial charge in [-0.25, -0.2) is 0 Å². The van der Waals surface area contributed by atoms with Gasteiger partial charge in [0.25, 0.3) is 0 Å². The number of hydrogen-bond donors (Lipinski definition) is 2. The third kappa shape index (κ3) is 6.73. The Hall–Kier alpha value is -1.75. The van der Waals surface area contributed by atoms with Crippen molar-refractivity contribution in [3.8, 4) is 11.5 Å². The third-order valence-electron chi connectivity index (χ3n) is 5.28. The number of carbonyl (C=O) groups excluding carboxylic acids is 1. The summed E-state index contributed by atoms with van der Waals surface area (Å²) in [6.07, 6.45) is 2.99. The molecule has 1 amide bonds. The van der Waals surface area contributed by atoms with Crippen molar-refractivity contribution in [1.29, 1.82) is 0 Å². The molecule has 1 heterocycles. The molecule has 5 nitrogen and oxygen atoms in total. The van der Waals surface area contributed by atoms with Crippen LogP contribution in [0.15, 0.2) is 18.2 Å². The molecule has 2 N–H and O–H groups in total. The molecule has 1 aromatic carbocycles. The quantitative estimate of drug-likeness (QED) is 0.685. The van der Waals surface area contributed by atoms with E-state index >= 15 is 0 Å². The lowest BCUT2D eigenvalue weighted by atomic mass is 9.85. The molecule has 152 valence electrons. The first-order valence-electron chi connectivity index (χ1n) is 10.2. The standard InChI is InChI=1S/C22H36N2O3/c1-15(2)14-27-20-9-8-18(12-21(20)26-5)17(4)24-22(25)11-16(3)19-7-6-10-23-13-19/h8-9,12,15-17,19,23H,6-7,10-11,13-14H2,1-5H3,(H,24,25). The molecule has 1 aliphatic heterocycles. The lowest BCUT2D eigenvalue weighted by Gasteiger charge is -2.28. The second-order valence-corrected chi connectivity index (χ2v) is 8.19. The van der Waals surface area contributed by atoms with Crippen molar-refractivity contribution in [2.24, 2.45) is 17.8 Å². The van der Waals surface area contributed by atoms with Crippen molar-refractivity contribution in [2.75, 3.05) is 26.8 Å². The Bertz CT molecular complexity index is 597. The number of methoxy groups -OCH3 is 1. The molecule has 0 saturated carbocycles. The molecule has 3 unspecified atom stereocenters. The first-order valence-corrected chi connectivity index (χ1v) is 10.2. The van der Waals surface area contributed by atoms with Crippen LogP contribution in [0.5, 0.6) is 11.5 Å². The Labute approximate surface area is 164 Å². The molecule has 0 bridgehead atoms. The molecule has 1 fully saturated rings. The number of piperidine rings is 1. The predicted octanol–water partition coefficient (Wildman–Crippen LogP) is 3.93. The topological polar surface area (TPSA) is 59.6 Å². The van der Waals surface area contributed by atoms with Crippen molar-refractivity contribution in [3.63, 3.8) is 0 Å². The van der Waals surface area contributed by atoms with Crippen LogP contribution >= 0.6 is 0 Å². The van der Waals surface area contributed by atoms with Gasteiger partial charge in [-0.2, -0.15) is 0 Å². The Morgan fingerprint density at radius 3 is 2.67 bits per heavy atom. The zero-order chi connectivity index (χ0) is 19.8. The van der Waals surface area contributed by atoms with E-state index in [2.05, 4.69) is 31.4 Å². The van der Waals surface area contributed by atoms with Crippen molar-refractivity contribution >= 4 is 5.91 Å². The Morgan fingerprint density at radius 2 is 2.04 bits per heavy atom. The number of carbonyl (C=O) groups is 1. The Balaban J connectivity index is 1.91. The van der Waals surface area contributed by atoms with Gasteiger partial charge in [-0.1, -0.05) is 26.8 Å². The summed E-state index contributed by atoms with van der Waals surface area (Å²) < 4.78 is 11.3. The molecule has 3 atom stereocenters. The van der Waals surface area contributed by atoms with E-state index in [9.17, 15) is 4.79 Å². The first kappa shape index (κ1) is 21.5. The number of hydrogen-bond acceptors (Lipinski definition) is 4. The largest absolute Gasteiger partial charge is 0.493 e. The molecule has 27 heavy (non-hydrogen) atoms. The maximum absolute atomic E-state index is 12.5. The summed E-state index contributed by atoms with van der Waals surface area (Å²) in [6.45, 7) is 11.2. The molecular weight excluding hydrogens is 340 g/mol. The van der Waals surface area contributed by atoms with Gasteiger partial charge in [-0.3, -0.25) is 4.79 Å². The highest BCUT2D eigenvalue weighted by Crippen LogP contribution is 2.31. The van der Waals surface area contributed by atoms with Crippen molar-refractivity contribution < 1.29 is 14.3 Å². The third-order valence-corrected chi connectivity index (χ3v) is 5.28. The average molecular weight is 377 g/mol. The van der Waals surface area contributed by atoms with Crippen LogP contribution in [0.25, 0.3) is 0 Å². The van der Waals surface area contributed by atoms with E-state index in [4.69, 9.17) is 9.47 Å². The zero-order valence-corrected chi connectivity index (χ0v) is 17.5. The highest BCUT2D eigenvalue weighted by atomic mass is 16.5. The van der Waals surface area contributed by atoms with Gasteiger partial charge in [-0.05, 0) is 68.3 Å². The summed E-state index contributed by atoms with van der Waals surface area (Å²) in [7, 11) is 1.64. The van der Waals surface area contributed by atoms with Crippen LogP contribution in [0.3, 0.4) is 0 Å². The van der Waals surface area contributed by atoms with Gasteiger partial charge in [0.15, 0.2) is 11.5 Å². The molecule has 0 aliphatic carbocycles. The monoisotopic (exact) mass is 376 g/mol. The minimum atomic E-state index is -0.0674. The highest BCUT2D eigenvalue weighted by molar-refractivity contribution is 5.76. The minimum absolute atomic E-state index is 0.0674. The molecule has 5 heteroatoms. The van der Waals surface area contributed by atoms with Crippen molar-refractivity contribution in [1.82, 2.24) is 10.6 Å². The number of rotatable bonds is 9. The van der Waals surface area contributed by atoms with E-state index in [0.29, 0.717) is 36.5 Å². The van der Waals surface area contributed by atoms with Crippen LogP contribution in [-0.4, -0.2) is 32.7 Å². The zero-order valence-electron chi connectivity index (χ0n) is 17.5. The summed E-state index contributed by atoms with van der Waals surface area (Å²) in [5.74, 6) is 3.00. The molecule has 1 aromatic rings. The lowest BCUT2D eigenvalue weighted by Crippen LogP contribution is -2.36. The second kappa shape index (κ2) is 10.5. The maximum Gasteiger partial charge on any atom is 0.220 e. The molecule has 2 rings (SSSR count). The van der Waals surface area contributed by atoms with Crippen LogP contribution in [0.4, 0.5) is 0 Å². The van der Waals surface area contributed by atoms with E-state index < -0.39 is 0 Å². The number of nitrogens with one attached hydrogen (secondary N) is 2. The molecule has 1 aliphatic rings. The van der Waals surface area contributed by atoms with Gasteiger partial charge in [0.2, 0.25) is 5.91 Å². The normalized spacial score (nSPS) is 19.4. The molecule has 0 radical (unpaired) electrons. The van der Waals surface area contributed by atoms with Crippen LogP contribution in [0, 0.1) is 17.8 Å². The van der Waals surface area contributed by atoms with Gasteiger partial charge in [0, 0.05) is 6.42 Å². The summed E-state index contributed by atoms with van der Waals surface area (Å²) in [5.41, 5.74) is 1.02. The highest BCUT2D eigenvalue weighted by Gasteiger charge is 2.23. The Kier molecular flexibility index (Phi) is 8.42. The van der Waals surface area contributed by atoms with E-state index in [1.165, 1.54) is 12.8 Å². The first-order chi connectivity index (χ1) is 12.9. The SMILES string of the molecule is COc1cc(C(C)NC(=O)CC(C)C2CCCNC2)ccc1OCC(C)C. The van der Waals surface area contributed by atoms with Gasteiger partial charge in [0.05, 0.1) is 19.8 Å². The number of benzene rings is 1. The molecule has 0 aromatic heterocycles. The predicted molar refractivity (Wildman–Crippen MR) is 109 cm³/mol. The summed E-state index contributed by atoms with van der Waals surface area (Å²) in [6, 6.07) is 5.81. The van der Waals surface area contributed by atoms with Gasteiger partial charge < -0.3 is 20.1 Å². The second-order valence-electron chi connectivity index (χ2n) is 8.19. The molecule has 1 saturated heterocycles. The van der Waals surface area contributed by atoms with Crippen LogP contribution in [-0.2, 0) is 4.79 Å². The van der Waals surface area contributed by atoms with E-state index in [-0.39, 0.29) is 11.9 Å². The number of ether oxygens (including phenoxy) is 2. The van der Waals surface area contributed by atoms with Gasteiger partial charge in [-0.15, -0.1) is 0 Å². The average Bonchev–Trinajstić information content (AvgIpc) is 2.66. The number of amides is 1. The smallest absolute Gasteiger partial charge is 0.220 e. The lowest BCUT2D eigenvalue weighted by molar-refractivity contribution is -0.123. The summed E-state index contributed by atoms with van der Waals surface area (Å²) >= 11 is 0. The van der Waals surface area contributed by atoms with E-state index in [0.717, 1.165) is 24.4 Å². The fraction of sp³-hybridized carbons (Fsp3) is 0.682. The van der Waals surface area contributed by atoms with Gasteiger partial charge in [0.1, 0.15) is 0 Å². The van der Waals surface area contributed by atoms with Gasteiger partial charge >= 0.3 is 0 Å². The molecular formula is C22H36N2O3. The van der Waals surface area contributed by atoms with Crippen LogP contribution in [0.2, 0.25) is 0 Å². The van der Waals surface area contributed by atoms with Crippen LogP contribution in [0.1, 0.15) is 58.6 Å². The summed E-state index contributed by atoms with van der Waals surface area (Å²) in [5, 5.41) is 6.56. The van der Waals surface area contributed by atoms with E-state index in [1.807, 2.05) is 25.1 Å². The van der Waals surface area contributed by atoms with Crippen molar-refractivity contribution in [3.05, 3.63) is 23.8 Å². The fourth-order valence-corrected chi connectivity index (χ4v) is 3.54. The van der Waals surface area contributed by atoms with E-state index in [1.54, 1.807) is 7.11 Å². The summed E-state index contributed by atoms with van der Waals surface area (Å²) in [4.78, 5) is 12.5. The Morgan fingerprint density at radius 1 is 1.26 bits per heavy atom. The molecule has 0 spiro atoms. The van der Waals surface area contributed by atoms with Crippen molar-refractivity contribution in [2.45, 2.75) is 53.0 Å². The minimum Gasteiger partial charge on any atom is -0.493 e. The maximum atomic E-state index is 12.5. The fourth-order valence-electron chi connectivity index (χ4n) is 3.54. The van der Waals surface area contributed by atoms with Crippen LogP contribution < -0.4 is 20.1 Å².